The van der Waals surface area contributed by atoms with Crippen LogP contribution >= 0.6 is 0 Å². The highest BCUT2D eigenvalue weighted by Crippen LogP contribution is 2.22. The lowest BCUT2D eigenvalue weighted by Gasteiger charge is -2.06. The number of hydrogen-bond donors (Lipinski definition) is 2. The van der Waals surface area contributed by atoms with Crippen LogP contribution in [-0.4, -0.2) is 4.98 Å². The van der Waals surface area contributed by atoms with Crippen molar-refractivity contribution >= 4 is 10.9 Å². The summed E-state index contributed by atoms with van der Waals surface area (Å²) < 4.78 is 13.5. The van der Waals surface area contributed by atoms with E-state index < -0.39 is 0 Å². The highest BCUT2D eigenvalue weighted by molar-refractivity contribution is 5.81. The van der Waals surface area contributed by atoms with Crippen LogP contribution in [0.5, 0.6) is 0 Å². The summed E-state index contributed by atoms with van der Waals surface area (Å²) in [5, 5.41) is 0.893. The standard InChI is InChI=1S/C11H13FN2/c1-6-3-8-4-10(12)9(7(2)13)5-11(8)14-6/h3-5,7,14H,13H2,1-2H3. The summed E-state index contributed by atoms with van der Waals surface area (Å²) in [4.78, 5) is 3.16. The second-order valence-electron chi connectivity index (χ2n) is 3.70. The molecule has 1 heterocycles. The molecular formula is C11H13FN2. The van der Waals surface area contributed by atoms with E-state index in [1.54, 1.807) is 13.0 Å². The van der Waals surface area contributed by atoms with Crippen molar-refractivity contribution in [2.45, 2.75) is 19.9 Å². The van der Waals surface area contributed by atoms with E-state index in [0.29, 0.717) is 5.56 Å². The number of aryl methyl sites for hydroxylation is 1. The minimum atomic E-state index is -0.275. The fourth-order valence-electron chi connectivity index (χ4n) is 1.66. The van der Waals surface area contributed by atoms with E-state index in [1.165, 1.54) is 6.07 Å². The van der Waals surface area contributed by atoms with Crippen molar-refractivity contribution in [3.8, 4) is 0 Å². The average molecular weight is 192 g/mol. The van der Waals surface area contributed by atoms with Gasteiger partial charge in [0.05, 0.1) is 0 Å². The number of nitrogens with one attached hydrogen (secondary N) is 1. The molecule has 74 valence electrons. The monoisotopic (exact) mass is 192 g/mol. The molecule has 2 rings (SSSR count). The number of fused-ring (bicyclic) bond motifs is 1. The first-order chi connectivity index (χ1) is 6.58. The number of benzene rings is 1. The Morgan fingerprint density at radius 3 is 2.71 bits per heavy atom. The van der Waals surface area contributed by atoms with Crippen molar-refractivity contribution in [2.24, 2.45) is 5.73 Å². The van der Waals surface area contributed by atoms with Crippen LogP contribution in [0.4, 0.5) is 4.39 Å². The number of halogens is 1. The average Bonchev–Trinajstić information content (AvgIpc) is 2.42. The van der Waals surface area contributed by atoms with Gasteiger partial charge in [0.1, 0.15) is 5.82 Å². The Kier molecular flexibility index (Phi) is 2.04. The van der Waals surface area contributed by atoms with Crippen LogP contribution < -0.4 is 5.73 Å². The van der Waals surface area contributed by atoms with Gasteiger partial charge in [0.2, 0.25) is 0 Å². The lowest BCUT2D eigenvalue weighted by Crippen LogP contribution is -2.07. The molecule has 0 saturated heterocycles. The zero-order valence-electron chi connectivity index (χ0n) is 8.26. The van der Waals surface area contributed by atoms with Gasteiger partial charge in [-0.3, -0.25) is 0 Å². The van der Waals surface area contributed by atoms with E-state index in [-0.39, 0.29) is 11.9 Å². The summed E-state index contributed by atoms with van der Waals surface area (Å²) in [5.41, 5.74) is 8.18. The van der Waals surface area contributed by atoms with Gasteiger partial charge >= 0.3 is 0 Å². The van der Waals surface area contributed by atoms with Crippen molar-refractivity contribution in [3.63, 3.8) is 0 Å². The highest BCUT2D eigenvalue weighted by Gasteiger charge is 2.09. The van der Waals surface area contributed by atoms with Gasteiger partial charge in [-0.05, 0) is 32.0 Å². The third-order valence-electron chi connectivity index (χ3n) is 2.36. The predicted molar refractivity (Wildman–Crippen MR) is 55.6 cm³/mol. The van der Waals surface area contributed by atoms with Crippen LogP contribution in [0.25, 0.3) is 10.9 Å². The number of aromatic nitrogens is 1. The molecule has 0 aliphatic carbocycles. The van der Waals surface area contributed by atoms with Crippen LogP contribution in [0.15, 0.2) is 18.2 Å². The second kappa shape index (κ2) is 3.10. The van der Waals surface area contributed by atoms with Crippen LogP contribution in [0.3, 0.4) is 0 Å². The van der Waals surface area contributed by atoms with E-state index >= 15 is 0 Å². The SMILES string of the molecule is Cc1cc2cc(F)c(C(C)N)cc2[nH]1. The van der Waals surface area contributed by atoms with Crippen molar-refractivity contribution in [3.05, 3.63) is 35.3 Å². The molecule has 0 fully saturated rings. The lowest BCUT2D eigenvalue weighted by atomic mass is 10.1. The number of aromatic amines is 1. The Labute approximate surface area is 81.9 Å². The zero-order chi connectivity index (χ0) is 10.3. The maximum Gasteiger partial charge on any atom is 0.128 e. The molecule has 0 spiro atoms. The Morgan fingerprint density at radius 2 is 2.07 bits per heavy atom. The Bertz CT molecular complexity index is 471. The van der Waals surface area contributed by atoms with Crippen LogP contribution in [0, 0.1) is 12.7 Å². The number of hydrogen-bond acceptors (Lipinski definition) is 1. The van der Waals surface area contributed by atoms with Crippen molar-refractivity contribution < 1.29 is 4.39 Å². The van der Waals surface area contributed by atoms with Crippen molar-refractivity contribution in [1.29, 1.82) is 0 Å². The highest BCUT2D eigenvalue weighted by atomic mass is 19.1. The molecule has 1 atom stereocenters. The van der Waals surface area contributed by atoms with Crippen molar-refractivity contribution in [2.75, 3.05) is 0 Å². The molecule has 0 aliphatic heterocycles. The van der Waals surface area contributed by atoms with Gasteiger partial charge in [-0.15, -0.1) is 0 Å². The smallest absolute Gasteiger partial charge is 0.128 e. The Hall–Kier alpha value is -1.35. The van der Waals surface area contributed by atoms with Gasteiger partial charge in [0.25, 0.3) is 0 Å². The maximum absolute atomic E-state index is 13.5. The van der Waals surface area contributed by atoms with E-state index in [2.05, 4.69) is 4.98 Å². The van der Waals surface area contributed by atoms with Gasteiger partial charge in [0, 0.05) is 28.2 Å². The van der Waals surface area contributed by atoms with Gasteiger partial charge in [-0.25, -0.2) is 4.39 Å². The third-order valence-corrected chi connectivity index (χ3v) is 2.36. The van der Waals surface area contributed by atoms with Crippen LogP contribution in [0.2, 0.25) is 0 Å². The molecule has 0 saturated carbocycles. The number of nitrogens with two attached hydrogens (primary N) is 1. The molecule has 0 amide bonds. The number of H-pyrrole nitrogens is 1. The van der Waals surface area contributed by atoms with E-state index in [4.69, 9.17) is 5.73 Å². The topological polar surface area (TPSA) is 41.8 Å². The maximum atomic E-state index is 13.5. The van der Waals surface area contributed by atoms with Crippen LogP contribution in [0.1, 0.15) is 24.2 Å². The molecule has 2 aromatic rings. The van der Waals surface area contributed by atoms with Gasteiger partial charge < -0.3 is 10.7 Å². The number of rotatable bonds is 1. The fourth-order valence-corrected chi connectivity index (χ4v) is 1.66. The minimum Gasteiger partial charge on any atom is -0.359 e. The molecule has 2 nitrogen and oxygen atoms in total. The second-order valence-corrected chi connectivity index (χ2v) is 3.70. The summed E-state index contributed by atoms with van der Waals surface area (Å²) in [6.07, 6.45) is 0. The molecule has 1 unspecified atom stereocenters. The first-order valence-electron chi connectivity index (χ1n) is 4.62. The molecule has 0 bridgehead atoms. The molecule has 0 radical (unpaired) electrons. The molecule has 3 N–H and O–H groups in total. The van der Waals surface area contributed by atoms with Gasteiger partial charge in [-0.1, -0.05) is 0 Å². The van der Waals surface area contributed by atoms with Crippen LogP contribution in [-0.2, 0) is 0 Å². The quantitative estimate of drug-likeness (QED) is 0.716. The molecule has 0 aliphatic rings. The molecule has 1 aromatic heterocycles. The normalized spacial score (nSPS) is 13.4. The van der Waals surface area contributed by atoms with E-state index in [0.717, 1.165) is 16.6 Å². The summed E-state index contributed by atoms with van der Waals surface area (Å²) in [6.45, 7) is 3.73. The molecule has 1 aromatic carbocycles. The summed E-state index contributed by atoms with van der Waals surface area (Å²) in [6, 6.07) is 4.95. The minimum absolute atomic E-state index is 0.230. The van der Waals surface area contributed by atoms with E-state index in [1.807, 2.05) is 13.0 Å². The summed E-state index contributed by atoms with van der Waals surface area (Å²) >= 11 is 0. The van der Waals surface area contributed by atoms with Gasteiger partial charge in [0.15, 0.2) is 0 Å². The lowest BCUT2D eigenvalue weighted by molar-refractivity contribution is 0.596. The summed E-state index contributed by atoms with van der Waals surface area (Å²) in [7, 11) is 0. The molecular weight excluding hydrogens is 179 g/mol. The fraction of sp³-hybridized carbons (Fsp3) is 0.273. The Morgan fingerprint density at radius 1 is 1.36 bits per heavy atom. The first kappa shape index (κ1) is 9.21. The summed E-state index contributed by atoms with van der Waals surface area (Å²) in [5.74, 6) is -0.230. The third kappa shape index (κ3) is 1.40. The molecule has 3 heteroatoms. The predicted octanol–water partition coefficient (Wildman–Crippen LogP) is 2.64. The largest absolute Gasteiger partial charge is 0.359 e. The zero-order valence-corrected chi connectivity index (χ0v) is 8.26. The molecule has 14 heavy (non-hydrogen) atoms. The van der Waals surface area contributed by atoms with Gasteiger partial charge in [-0.2, -0.15) is 0 Å². The Balaban J connectivity index is 2.70. The van der Waals surface area contributed by atoms with E-state index in [9.17, 15) is 4.39 Å². The van der Waals surface area contributed by atoms with Crippen molar-refractivity contribution in [1.82, 2.24) is 4.98 Å². The first-order valence-corrected chi connectivity index (χ1v) is 4.62.